The third kappa shape index (κ3) is 2.70. The van der Waals surface area contributed by atoms with Crippen molar-refractivity contribution in [3.8, 4) is 0 Å². The first-order valence-corrected chi connectivity index (χ1v) is 7.69. The van der Waals surface area contributed by atoms with Gasteiger partial charge in [-0.05, 0) is 48.9 Å². The summed E-state index contributed by atoms with van der Waals surface area (Å²) in [5, 5.41) is 0. The Labute approximate surface area is 115 Å². The molecule has 16 heavy (non-hydrogen) atoms. The van der Waals surface area contributed by atoms with E-state index < -0.39 is 0 Å². The quantitative estimate of drug-likeness (QED) is 0.617. The molecule has 1 saturated carbocycles. The highest BCUT2D eigenvalue weighted by molar-refractivity contribution is 9.10. The Bertz CT molecular complexity index is 381. The zero-order chi connectivity index (χ0) is 11.7. The lowest BCUT2D eigenvalue weighted by Gasteiger charge is -2.28. The molecule has 1 atom stereocenters. The summed E-state index contributed by atoms with van der Waals surface area (Å²) in [5.74, 6) is 0.952. The van der Waals surface area contributed by atoms with Gasteiger partial charge < -0.3 is 0 Å². The van der Waals surface area contributed by atoms with Gasteiger partial charge in [0.1, 0.15) is 0 Å². The van der Waals surface area contributed by atoms with E-state index in [1.807, 2.05) is 0 Å². The maximum atomic E-state index is 3.86. The normalized spacial score (nSPS) is 18.2. The fourth-order valence-corrected chi connectivity index (χ4v) is 3.77. The average Bonchev–Trinajstić information content (AvgIpc) is 2.17. The van der Waals surface area contributed by atoms with E-state index in [-0.39, 0.29) is 0 Å². The second-order valence-corrected chi connectivity index (χ2v) is 6.92. The van der Waals surface area contributed by atoms with E-state index in [0.29, 0.717) is 4.83 Å². The van der Waals surface area contributed by atoms with Crippen molar-refractivity contribution in [3.63, 3.8) is 0 Å². The van der Waals surface area contributed by atoms with Gasteiger partial charge in [0.15, 0.2) is 0 Å². The number of hydrogen-bond acceptors (Lipinski definition) is 0. The van der Waals surface area contributed by atoms with Crippen molar-refractivity contribution in [2.75, 3.05) is 0 Å². The molecule has 0 aliphatic heterocycles. The predicted octanol–water partition coefficient (Wildman–Crippen LogP) is 5.69. The summed E-state index contributed by atoms with van der Waals surface area (Å²) in [4.78, 5) is 0.532. The maximum Gasteiger partial charge on any atom is 0.0400 e. The molecule has 1 aliphatic rings. The zero-order valence-corrected chi connectivity index (χ0v) is 13.1. The summed E-state index contributed by atoms with van der Waals surface area (Å²) in [6.07, 6.45) is 5.58. The molecule has 0 amide bonds. The number of benzene rings is 1. The Kier molecular flexibility index (Phi) is 4.12. The molecule has 0 N–H and O–H groups in total. The van der Waals surface area contributed by atoms with Crippen LogP contribution in [0.1, 0.15) is 47.2 Å². The van der Waals surface area contributed by atoms with Gasteiger partial charge in [-0.15, -0.1) is 0 Å². The Hall–Kier alpha value is 0.180. The Morgan fingerprint density at radius 3 is 2.50 bits per heavy atom. The van der Waals surface area contributed by atoms with Gasteiger partial charge in [0.25, 0.3) is 0 Å². The van der Waals surface area contributed by atoms with Crippen LogP contribution < -0.4 is 0 Å². The fourth-order valence-electron chi connectivity index (χ4n) is 2.29. The molecular weight excluding hydrogens is 328 g/mol. The monoisotopic (exact) mass is 344 g/mol. The molecule has 0 aromatic heterocycles. The summed E-state index contributed by atoms with van der Waals surface area (Å²) >= 11 is 7.45. The first-order chi connectivity index (χ1) is 7.58. The van der Waals surface area contributed by atoms with Crippen molar-refractivity contribution in [2.45, 2.75) is 44.4 Å². The minimum Gasteiger partial charge on any atom is -0.0839 e. The van der Waals surface area contributed by atoms with Crippen LogP contribution in [-0.4, -0.2) is 0 Å². The Morgan fingerprint density at radius 1 is 1.25 bits per heavy atom. The van der Waals surface area contributed by atoms with Crippen molar-refractivity contribution in [1.29, 1.82) is 0 Å². The van der Waals surface area contributed by atoms with Crippen molar-refractivity contribution >= 4 is 31.9 Å². The van der Waals surface area contributed by atoms with Crippen molar-refractivity contribution in [2.24, 2.45) is 5.92 Å². The number of aryl methyl sites for hydroxylation is 2. The van der Waals surface area contributed by atoms with E-state index in [9.17, 15) is 0 Å². The molecular formula is C14H18Br2. The smallest absolute Gasteiger partial charge is 0.0400 e. The maximum absolute atomic E-state index is 3.86. The summed E-state index contributed by atoms with van der Waals surface area (Å²) in [6, 6.07) is 4.55. The minimum atomic E-state index is 0.532. The summed E-state index contributed by atoms with van der Waals surface area (Å²) < 4.78 is 1.22. The topological polar surface area (TPSA) is 0 Å². The van der Waals surface area contributed by atoms with E-state index in [1.54, 1.807) is 0 Å². The van der Waals surface area contributed by atoms with E-state index in [2.05, 4.69) is 57.8 Å². The van der Waals surface area contributed by atoms with Gasteiger partial charge in [0.2, 0.25) is 0 Å². The van der Waals surface area contributed by atoms with Crippen LogP contribution in [0.5, 0.6) is 0 Å². The van der Waals surface area contributed by atoms with Crippen LogP contribution in [0, 0.1) is 19.8 Å². The van der Waals surface area contributed by atoms with Gasteiger partial charge >= 0.3 is 0 Å². The lowest BCUT2D eigenvalue weighted by Crippen LogP contribution is -2.13. The van der Waals surface area contributed by atoms with Gasteiger partial charge in [-0.25, -0.2) is 0 Å². The molecule has 0 radical (unpaired) electrons. The molecule has 1 unspecified atom stereocenters. The number of alkyl halides is 1. The molecule has 0 nitrogen and oxygen atoms in total. The number of halogens is 2. The van der Waals surface area contributed by atoms with Gasteiger partial charge in [0.05, 0.1) is 0 Å². The van der Waals surface area contributed by atoms with Gasteiger partial charge in [-0.2, -0.15) is 0 Å². The van der Waals surface area contributed by atoms with E-state index in [1.165, 1.54) is 46.8 Å². The lowest BCUT2D eigenvalue weighted by atomic mass is 9.81. The minimum absolute atomic E-state index is 0.532. The highest BCUT2D eigenvalue weighted by atomic mass is 79.9. The van der Waals surface area contributed by atoms with Crippen LogP contribution in [0.15, 0.2) is 16.6 Å². The van der Waals surface area contributed by atoms with Crippen molar-refractivity contribution in [1.82, 2.24) is 0 Å². The first-order valence-electron chi connectivity index (χ1n) is 5.98. The van der Waals surface area contributed by atoms with Gasteiger partial charge in [0, 0.05) is 9.30 Å². The van der Waals surface area contributed by atoms with Crippen molar-refractivity contribution in [3.05, 3.63) is 33.3 Å². The van der Waals surface area contributed by atoms with Crippen LogP contribution in [0.2, 0.25) is 0 Å². The largest absolute Gasteiger partial charge is 0.0839 e. The summed E-state index contributed by atoms with van der Waals surface area (Å²) in [5.41, 5.74) is 4.19. The molecule has 1 aromatic carbocycles. The first kappa shape index (κ1) is 12.6. The standard InChI is InChI=1S/C14H18Br2/c1-9-7-13(15)10(2)6-12(9)14(16)8-11-4-3-5-11/h6-7,11,14H,3-5,8H2,1-2H3. The molecule has 88 valence electrons. The second kappa shape index (κ2) is 5.22. The van der Waals surface area contributed by atoms with Crippen LogP contribution in [-0.2, 0) is 0 Å². The summed E-state index contributed by atoms with van der Waals surface area (Å²) in [7, 11) is 0. The average molecular weight is 346 g/mol. The van der Waals surface area contributed by atoms with Crippen LogP contribution in [0.3, 0.4) is 0 Å². The third-order valence-corrected chi connectivity index (χ3v) is 5.37. The molecule has 2 heteroatoms. The predicted molar refractivity (Wildman–Crippen MR) is 77.2 cm³/mol. The van der Waals surface area contributed by atoms with E-state index in [0.717, 1.165) is 5.92 Å². The SMILES string of the molecule is Cc1cc(C(Br)CC2CCC2)c(C)cc1Br. The van der Waals surface area contributed by atoms with E-state index >= 15 is 0 Å². The summed E-state index contributed by atoms with van der Waals surface area (Å²) in [6.45, 7) is 4.37. The molecule has 0 bridgehead atoms. The molecule has 0 spiro atoms. The Morgan fingerprint density at radius 2 is 1.94 bits per heavy atom. The lowest BCUT2D eigenvalue weighted by molar-refractivity contribution is 0.295. The highest BCUT2D eigenvalue weighted by Gasteiger charge is 2.22. The molecule has 0 heterocycles. The van der Waals surface area contributed by atoms with Gasteiger partial charge in [-0.1, -0.05) is 57.2 Å². The molecule has 1 aliphatic carbocycles. The fraction of sp³-hybridized carbons (Fsp3) is 0.571. The van der Waals surface area contributed by atoms with Crippen LogP contribution in [0.4, 0.5) is 0 Å². The molecule has 1 aromatic rings. The highest BCUT2D eigenvalue weighted by Crippen LogP contribution is 2.40. The molecule has 0 saturated heterocycles. The second-order valence-electron chi connectivity index (χ2n) is 4.96. The number of rotatable bonds is 3. The zero-order valence-electron chi connectivity index (χ0n) is 9.89. The molecule has 1 fully saturated rings. The number of hydrogen-bond donors (Lipinski definition) is 0. The van der Waals surface area contributed by atoms with Gasteiger partial charge in [-0.3, -0.25) is 0 Å². The van der Waals surface area contributed by atoms with Crippen LogP contribution in [0.25, 0.3) is 0 Å². The molecule has 2 rings (SSSR count). The van der Waals surface area contributed by atoms with Crippen molar-refractivity contribution < 1.29 is 0 Å². The third-order valence-electron chi connectivity index (χ3n) is 3.65. The van der Waals surface area contributed by atoms with E-state index in [4.69, 9.17) is 0 Å². The van der Waals surface area contributed by atoms with Crippen LogP contribution >= 0.6 is 31.9 Å². The Balaban J connectivity index is 2.14.